The second kappa shape index (κ2) is 10.8. The maximum Gasteiger partial charge on any atom is 0.253 e. The van der Waals surface area contributed by atoms with Gasteiger partial charge in [0, 0.05) is 49.8 Å². The number of methoxy groups -OCH3 is 1. The smallest absolute Gasteiger partial charge is 0.253 e. The van der Waals surface area contributed by atoms with E-state index in [0.29, 0.717) is 44.6 Å². The lowest BCUT2D eigenvalue weighted by molar-refractivity contribution is -0.139. The number of para-hydroxylation sites is 1. The standard InChI is InChI=1S/C26H31FN2O4/c1-32-24-7-3-2-5-21(24)17-29(18-23-6-4-16-33-23)26(31)20-12-14-28(15-13-20)25(30)19-8-10-22(27)11-9-19/h2-3,5,7-11,20,23H,4,6,12-18H2,1H3. The highest BCUT2D eigenvalue weighted by atomic mass is 19.1. The van der Waals surface area contributed by atoms with Gasteiger partial charge in [0.05, 0.1) is 13.2 Å². The molecular weight excluding hydrogens is 423 g/mol. The van der Waals surface area contributed by atoms with Gasteiger partial charge in [-0.1, -0.05) is 18.2 Å². The Morgan fingerprint density at radius 2 is 1.82 bits per heavy atom. The maximum atomic E-state index is 13.6. The van der Waals surface area contributed by atoms with Crippen LogP contribution in [0.25, 0.3) is 0 Å². The molecule has 0 radical (unpaired) electrons. The minimum atomic E-state index is -0.364. The van der Waals surface area contributed by atoms with Gasteiger partial charge in [-0.2, -0.15) is 0 Å². The van der Waals surface area contributed by atoms with Gasteiger partial charge in [0.2, 0.25) is 5.91 Å². The lowest BCUT2D eigenvalue weighted by Crippen LogP contribution is -2.46. The van der Waals surface area contributed by atoms with Crippen molar-refractivity contribution in [3.8, 4) is 5.75 Å². The zero-order valence-electron chi connectivity index (χ0n) is 19.0. The summed E-state index contributed by atoms with van der Waals surface area (Å²) in [7, 11) is 1.64. The van der Waals surface area contributed by atoms with Gasteiger partial charge < -0.3 is 19.3 Å². The first-order valence-electron chi connectivity index (χ1n) is 11.6. The third-order valence-electron chi connectivity index (χ3n) is 6.54. The molecule has 2 aromatic rings. The van der Waals surface area contributed by atoms with Crippen LogP contribution in [0.15, 0.2) is 48.5 Å². The molecule has 0 N–H and O–H groups in total. The summed E-state index contributed by atoms with van der Waals surface area (Å²) in [6.45, 7) is 2.79. The van der Waals surface area contributed by atoms with Crippen LogP contribution in [-0.4, -0.2) is 61.1 Å². The summed E-state index contributed by atoms with van der Waals surface area (Å²) in [5.74, 6) is 0.245. The molecule has 0 aromatic heterocycles. The number of amides is 2. The molecule has 33 heavy (non-hydrogen) atoms. The monoisotopic (exact) mass is 454 g/mol. The zero-order chi connectivity index (χ0) is 23.2. The van der Waals surface area contributed by atoms with Crippen LogP contribution >= 0.6 is 0 Å². The number of halogens is 1. The van der Waals surface area contributed by atoms with Crippen LogP contribution < -0.4 is 4.74 Å². The Kier molecular flexibility index (Phi) is 7.60. The number of carbonyl (C=O) groups excluding carboxylic acids is 2. The van der Waals surface area contributed by atoms with E-state index >= 15 is 0 Å². The molecule has 2 saturated heterocycles. The average molecular weight is 455 g/mol. The van der Waals surface area contributed by atoms with Crippen LogP contribution in [0, 0.1) is 11.7 Å². The first-order chi connectivity index (χ1) is 16.0. The van der Waals surface area contributed by atoms with Crippen LogP contribution in [0.2, 0.25) is 0 Å². The molecule has 1 atom stereocenters. The Bertz CT molecular complexity index is 951. The van der Waals surface area contributed by atoms with E-state index in [0.717, 1.165) is 30.8 Å². The van der Waals surface area contributed by atoms with Crippen LogP contribution in [0.1, 0.15) is 41.6 Å². The number of carbonyl (C=O) groups is 2. The predicted octanol–water partition coefficient (Wildman–Crippen LogP) is 3.89. The summed E-state index contributed by atoms with van der Waals surface area (Å²) in [5, 5.41) is 0. The maximum absolute atomic E-state index is 13.6. The Morgan fingerprint density at radius 3 is 2.48 bits per heavy atom. The van der Waals surface area contributed by atoms with E-state index < -0.39 is 0 Å². The lowest BCUT2D eigenvalue weighted by atomic mass is 9.94. The van der Waals surface area contributed by atoms with E-state index in [-0.39, 0.29) is 29.7 Å². The van der Waals surface area contributed by atoms with Crippen molar-refractivity contribution < 1.29 is 23.5 Å². The van der Waals surface area contributed by atoms with Gasteiger partial charge in [-0.25, -0.2) is 4.39 Å². The summed E-state index contributed by atoms with van der Waals surface area (Å²) >= 11 is 0. The summed E-state index contributed by atoms with van der Waals surface area (Å²) in [6, 6.07) is 13.4. The largest absolute Gasteiger partial charge is 0.496 e. The van der Waals surface area contributed by atoms with E-state index in [1.165, 1.54) is 24.3 Å². The summed E-state index contributed by atoms with van der Waals surface area (Å²) in [5.41, 5.74) is 1.44. The second-order valence-corrected chi connectivity index (χ2v) is 8.74. The molecule has 0 bridgehead atoms. The third kappa shape index (κ3) is 5.71. The first-order valence-corrected chi connectivity index (χ1v) is 11.6. The number of hydrogen-bond donors (Lipinski definition) is 0. The van der Waals surface area contributed by atoms with Gasteiger partial charge in [-0.05, 0) is 56.0 Å². The van der Waals surface area contributed by atoms with Crippen molar-refractivity contribution in [3.05, 3.63) is 65.5 Å². The molecule has 2 aromatic carbocycles. The number of piperidine rings is 1. The molecule has 176 valence electrons. The fraction of sp³-hybridized carbons (Fsp3) is 0.462. The van der Waals surface area contributed by atoms with Crippen molar-refractivity contribution in [2.24, 2.45) is 5.92 Å². The van der Waals surface area contributed by atoms with E-state index in [1.807, 2.05) is 29.2 Å². The van der Waals surface area contributed by atoms with Crippen molar-refractivity contribution in [1.29, 1.82) is 0 Å². The summed E-state index contributed by atoms with van der Waals surface area (Å²) in [4.78, 5) is 29.9. The number of benzene rings is 2. The third-order valence-corrected chi connectivity index (χ3v) is 6.54. The van der Waals surface area contributed by atoms with Gasteiger partial charge >= 0.3 is 0 Å². The van der Waals surface area contributed by atoms with Gasteiger partial charge in [0.1, 0.15) is 11.6 Å². The fourth-order valence-corrected chi connectivity index (χ4v) is 4.67. The molecule has 6 nitrogen and oxygen atoms in total. The Hall–Kier alpha value is -2.93. The van der Waals surface area contributed by atoms with Crippen LogP contribution in [0.3, 0.4) is 0 Å². The van der Waals surface area contributed by atoms with Crippen LogP contribution in [-0.2, 0) is 16.1 Å². The first kappa shape index (κ1) is 23.2. The highest BCUT2D eigenvalue weighted by molar-refractivity contribution is 5.94. The zero-order valence-corrected chi connectivity index (χ0v) is 19.0. The topological polar surface area (TPSA) is 59.1 Å². The highest BCUT2D eigenvalue weighted by Crippen LogP contribution is 2.26. The average Bonchev–Trinajstić information content (AvgIpc) is 3.37. The number of nitrogens with zero attached hydrogens (tertiary/aromatic N) is 2. The second-order valence-electron chi connectivity index (χ2n) is 8.74. The normalized spacial score (nSPS) is 18.8. The molecule has 2 fully saturated rings. The van der Waals surface area contributed by atoms with Gasteiger partial charge in [-0.3, -0.25) is 9.59 Å². The van der Waals surface area contributed by atoms with Gasteiger partial charge in [-0.15, -0.1) is 0 Å². The molecule has 2 aliphatic heterocycles. The molecule has 0 spiro atoms. The molecule has 2 aliphatic rings. The minimum absolute atomic E-state index is 0.0591. The molecule has 2 amide bonds. The molecular formula is C26H31FN2O4. The van der Waals surface area contributed by atoms with Crippen molar-refractivity contribution in [2.45, 2.75) is 38.3 Å². The number of rotatable bonds is 7. The van der Waals surface area contributed by atoms with Gasteiger partial charge in [0.25, 0.3) is 5.91 Å². The summed E-state index contributed by atoms with van der Waals surface area (Å²) in [6.07, 6.45) is 3.26. The summed E-state index contributed by atoms with van der Waals surface area (Å²) < 4.78 is 24.5. The van der Waals surface area contributed by atoms with Crippen molar-refractivity contribution in [1.82, 2.24) is 9.80 Å². The van der Waals surface area contributed by atoms with Crippen LogP contribution in [0.5, 0.6) is 5.75 Å². The van der Waals surface area contributed by atoms with Gasteiger partial charge in [0.15, 0.2) is 0 Å². The van der Waals surface area contributed by atoms with E-state index in [9.17, 15) is 14.0 Å². The number of likely N-dealkylation sites (tertiary alicyclic amines) is 1. The quantitative estimate of drug-likeness (QED) is 0.637. The Morgan fingerprint density at radius 1 is 1.09 bits per heavy atom. The van der Waals surface area contributed by atoms with E-state index in [4.69, 9.17) is 9.47 Å². The molecule has 1 unspecified atom stereocenters. The van der Waals surface area contributed by atoms with Crippen molar-refractivity contribution in [3.63, 3.8) is 0 Å². The Labute approximate surface area is 194 Å². The van der Waals surface area contributed by atoms with Crippen molar-refractivity contribution in [2.75, 3.05) is 33.4 Å². The molecule has 0 saturated carbocycles. The predicted molar refractivity (Wildman–Crippen MR) is 122 cm³/mol. The van der Waals surface area contributed by atoms with E-state index in [1.54, 1.807) is 12.0 Å². The fourth-order valence-electron chi connectivity index (χ4n) is 4.67. The molecule has 4 rings (SSSR count). The van der Waals surface area contributed by atoms with E-state index in [2.05, 4.69) is 0 Å². The number of ether oxygens (including phenoxy) is 2. The minimum Gasteiger partial charge on any atom is -0.496 e. The van der Waals surface area contributed by atoms with Crippen LogP contribution in [0.4, 0.5) is 4.39 Å². The highest BCUT2D eigenvalue weighted by Gasteiger charge is 2.32. The molecule has 0 aliphatic carbocycles. The SMILES string of the molecule is COc1ccccc1CN(CC1CCCO1)C(=O)C1CCN(C(=O)c2ccc(F)cc2)CC1. The van der Waals surface area contributed by atoms with Crippen molar-refractivity contribution >= 4 is 11.8 Å². The Balaban J connectivity index is 1.41. The number of hydrogen-bond acceptors (Lipinski definition) is 4. The molecule has 2 heterocycles. The lowest BCUT2D eigenvalue weighted by Gasteiger charge is -2.35. The molecule has 7 heteroatoms.